The van der Waals surface area contributed by atoms with Crippen molar-refractivity contribution in [3.63, 3.8) is 0 Å². The third-order valence-electron chi connectivity index (χ3n) is 3.31. The second-order valence-corrected chi connectivity index (χ2v) is 4.61. The Balaban J connectivity index is 2.02. The first-order valence-corrected chi connectivity index (χ1v) is 6.32. The van der Waals surface area contributed by atoms with E-state index in [9.17, 15) is 22.0 Å². The maximum Gasteiger partial charge on any atom is 0.200 e. The summed E-state index contributed by atoms with van der Waals surface area (Å²) in [4.78, 5) is 2.02. The average molecular weight is 295 g/mol. The van der Waals surface area contributed by atoms with Gasteiger partial charge in [-0.05, 0) is 19.4 Å². The number of nitrogens with zero attached hydrogens (tertiary/aromatic N) is 1. The van der Waals surface area contributed by atoms with Gasteiger partial charge in [0.05, 0.1) is 13.2 Å². The van der Waals surface area contributed by atoms with Gasteiger partial charge in [0.1, 0.15) is 0 Å². The topological polar surface area (TPSA) is 12.5 Å². The quantitative estimate of drug-likeness (QED) is 0.481. The third-order valence-corrected chi connectivity index (χ3v) is 3.31. The van der Waals surface area contributed by atoms with E-state index in [0.717, 1.165) is 0 Å². The van der Waals surface area contributed by atoms with Gasteiger partial charge in [-0.25, -0.2) is 22.0 Å². The lowest BCUT2D eigenvalue weighted by molar-refractivity contribution is 0.0374. The van der Waals surface area contributed by atoms with E-state index >= 15 is 0 Å². The zero-order valence-electron chi connectivity index (χ0n) is 10.7. The third kappa shape index (κ3) is 3.09. The minimum Gasteiger partial charge on any atom is -0.379 e. The fraction of sp³-hybridized carbons (Fsp3) is 0.538. The van der Waals surface area contributed by atoms with E-state index in [4.69, 9.17) is 4.74 Å². The summed E-state index contributed by atoms with van der Waals surface area (Å²) in [5.41, 5.74) is -0.741. The molecule has 1 aromatic rings. The van der Waals surface area contributed by atoms with Crippen LogP contribution in [0.4, 0.5) is 22.0 Å². The highest BCUT2D eigenvalue weighted by molar-refractivity contribution is 5.24. The highest BCUT2D eigenvalue weighted by atomic mass is 19.2. The molecule has 7 heteroatoms. The van der Waals surface area contributed by atoms with Crippen LogP contribution in [-0.4, -0.2) is 37.7 Å². The number of morpholine rings is 1. The molecule has 112 valence electrons. The van der Waals surface area contributed by atoms with E-state index in [-0.39, 0.29) is 6.42 Å². The van der Waals surface area contributed by atoms with Gasteiger partial charge >= 0.3 is 0 Å². The second kappa shape index (κ2) is 6.49. The molecule has 2 rings (SSSR count). The first kappa shape index (κ1) is 15.2. The van der Waals surface area contributed by atoms with Crippen molar-refractivity contribution >= 4 is 0 Å². The van der Waals surface area contributed by atoms with Crippen molar-refractivity contribution in [3.8, 4) is 0 Å². The SMILES string of the molecule is Fc1c(F)c(F)c(CCCN2CCOCC2)c(F)c1F. The normalized spacial score (nSPS) is 16.6. The molecule has 1 heterocycles. The number of ether oxygens (including phenoxy) is 1. The minimum absolute atomic E-state index is 0.191. The van der Waals surface area contributed by atoms with Crippen molar-refractivity contribution in [2.75, 3.05) is 32.8 Å². The molecule has 1 aliphatic heterocycles. The highest BCUT2D eigenvalue weighted by Crippen LogP contribution is 2.24. The van der Waals surface area contributed by atoms with Crippen LogP contribution in [0, 0.1) is 29.1 Å². The zero-order chi connectivity index (χ0) is 14.7. The molecule has 1 aromatic carbocycles. The molecule has 0 spiro atoms. The van der Waals surface area contributed by atoms with Crippen molar-refractivity contribution in [1.82, 2.24) is 4.90 Å². The van der Waals surface area contributed by atoms with Gasteiger partial charge in [0.25, 0.3) is 0 Å². The minimum atomic E-state index is -2.11. The van der Waals surface area contributed by atoms with Gasteiger partial charge in [-0.3, -0.25) is 4.90 Å². The lowest BCUT2D eigenvalue weighted by Gasteiger charge is -2.26. The molecule has 20 heavy (non-hydrogen) atoms. The Hall–Kier alpha value is -1.21. The zero-order valence-corrected chi connectivity index (χ0v) is 10.7. The summed E-state index contributed by atoms with van der Waals surface area (Å²) in [6, 6.07) is 0. The van der Waals surface area contributed by atoms with Gasteiger partial charge < -0.3 is 4.74 Å². The van der Waals surface area contributed by atoms with E-state index in [1.54, 1.807) is 0 Å². The molecule has 0 saturated carbocycles. The van der Waals surface area contributed by atoms with E-state index < -0.39 is 34.6 Å². The summed E-state index contributed by atoms with van der Waals surface area (Å²) < 4.78 is 70.8. The van der Waals surface area contributed by atoms with Gasteiger partial charge in [0.15, 0.2) is 23.3 Å². The van der Waals surface area contributed by atoms with Crippen molar-refractivity contribution in [2.24, 2.45) is 0 Å². The largest absolute Gasteiger partial charge is 0.379 e. The van der Waals surface area contributed by atoms with Gasteiger partial charge in [-0.15, -0.1) is 0 Å². The Morgan fingerprint density at radius 3 is 1.85 bits per heavy atom. The lowest BCUT2D eigenvalue weighted by Crippen LogP contribution is -2.37. The van der Waals surface area contributed by atoms with Crippen LogP contribution in [0.15, 0.2) is 0 Å². The summed E-state index contributed by atoms with van der Waals surface area (Å²) >= 11 is 0. The monoisotopic (exact) mass is 295 g/mol. The predicted molar refractivity (Wildman–Crippen MR) is 61.8 cm³/mol. The van der Waals surface area contributed by atoms with E-state index in [0.29, 0.717) is 39.3 Å². The van der Waals surface area contributed by atoms with Gasteiger partial charge in [0, 0.05) is 18.7 Å². The van der Waals surface area contributed by atoms with Gasteiger partial charge in [0.2, 0.25) is 5.82 Å². The molecule has 2 nitrogen and oxygen atoms in total. The van der Waals surface area contributed by atoms with E-state index in [1.807, 2.05) is 4.90 Å². The van der Waals surface area contributed by atoms with Crippen molar-refractivity contribution < 1.29 is 26.7 Å². The van der Waals surface area contributed by atoms with Crippen LogP contribution in [-0.2, 0) is 11.2 Å². The van der Waals surface area contributed by atoms with Crippen LogP contribution in [0.2, 0.25) is 0 Å². The summed E-state index contributed by atoms with van der Waals surface area (Å²) in [6.45, 7) is 3.11. The standard InChI is InChI=1S/C13H14F5NO/c14-9-8(10(15)12(17)13(18)11(9)16)2-1-3-19-4-6-20-7-5-19/h1-7H2. The Morgan fingerprint density at radius 1 is 0.800 bits per heavy atom. The van der Waals surface area contributed by atoms with E-state index in [2.05, 4.69) is 0 Å². The summed E-state index contributed by atoms with van der Waals surface area (Å²) in [5, 5.41) is 0. The summed E-state index contributed by atoms with van der Waals surface area (Å²) in [7, 11) is 0. The number of hydrogen-bond acceptors (Lipinski definition) is 2. The van der Waals surface area contributed by atoms with Crippen molar-refractivity contribution in [2.45, 2.75) is 12.8 Å². The molecular weight excluding hydrogens is 281 g/mol. The lowest BCUT2D eigenvalue weighted by atomic mass is 10.1. The molecule has 0 N–H and O–H groups in total. The molecule has 1 aliphatic rings. The summed E-state index contributed by atoms with van der Waals surface area (Å²) in [6.07, 6.45) is 0.126. The molecule has 1 fully saturated rings. The maximum absolute atomic E-state index is 13.4. The molecule has 0 aromatic heterocycles. The van der Waals surface area contributed by atoms with Crippen LogP contribution < -0.4 is 0 Å². The fourth-order valence-electron chi connectivity index (χ4n) is 2.17. The number of halogens is 5. The molecule has 0 atom stereocenters. The van der Waals surface area contributed by atoms with Crippen LogP contribution in [0.1, 0.15) is 12.0 Å². The van der Waals surface area contributed by atoms with Crippen molar-refractivity contribution in [1.29, 1.82) is 0 Å². The second-order valence-electron chi connectivity index (χ2n) is 4.61. The smallest absolute Gasteiger partial charge is 0.200 e. The Kier molecular flexibility index (Phi) is 4.93. The molecule has 0 radical (unpaired) electrons. The first-order valence-electron chi connectivity index (χ1n) is 6.32. The molecule has 0 amide bonds. The highest BCUT2D eigenvalue weighted by Gasteiger charge is 2.25. The molecule has 0 bridgehead atoms. The van der Waals surface area contributed by atoms with Crippen LogP contribution in [0.3, 0.4) is 0 Å². The van der Waals surface area contributed by atoms with Gasteiger partial charge in [-0.1, -0.05) is 0 Å². The first-order chi connectivity index (χ1) is 9.52. The van der Waals surface area contributed by atoms with Crippen LogP contribution in [0.5, 0.6) is 0 Å². The molecule has 0 unspecified atom stereocenters. The summed E-state index contributed by atoms with van der Waals surface area (Å²) in [5.74, 6) is -9.35. The predicted octanol–water partition coefficient (Wildman–Crippen LogP) is 2.65. The molecular formula is C13H14F5NO. The molecule has 1 saturated heterocycles. The van der Waals surface area contributed by atoms with Crippen LogP contribution in [0.25, 0.3) is 0 Å². The van der Waals surface area contributed by atoms with E-state index in [1.165, 1.54) is 0 Å². The maximum atomic E-state index is 13.4. The van der Waals surface area contributed by atoms with Gasteiger partial charge in [-0.2, -0.15) is 0 Å². The Morgan fingerprint density at radius 2 is 1.30 bits per heavy atom. The van der Waals surface area contributed by atoms with Crippen LogP contribution >= 0.6 is 0 Å². The number of hydrogen-bond donors (Lipinski definition) is 0. The number of benzene rings is 1. The molecule has 0 aliphatic carbocycles. The fourth-order valence-corrected chi connectivity index (χ4v) is 2.17. The number of rotatable bonds is 4. The Labute approximate surface area is 113 Å². The Bertz CT molecular complexity index is 459. The average Bonchev–Trinajstić information content (AvgIpc) is 2.48. The van der Waals surface area contributed by atoms with Crippen molar-refractivity contribution in [3.05, 3.63) is 34.6 Å².